The molecule has 0 spiro atoms. The van der Waals surface area contributed by atoms with Crippen molar-refractivity contribution in [3.63, 3.8) is 0 Å². The molecule has 4 heteroatoms. The first-order valence-electron chi connectivity index (χ1n) is 8.00. The maximum Gasteiger partial charge on any atom is 0.134 e. The zero-order valence-electron chi connectivity index (χ0n) is 13.4. The molecule has 3 rings (SSSR count). The Morgan fingerprint density at radius 1 is 1.17 bits per heavy atom. The van der Waals surface area contributed by atoms with E-state index in [1.54, 1.807) is 0 Å². The van der Waals surface area contributed by atoms with E-state index in [4.69, 9.17) is 9.47 Å². The number of benzene rings is 2. The molecule has 0 amide bonds. The second-order valence-corrected chi connectivity index (χ2v) is 6.81. The van der Waals surface area contributed by atoms with Gasteiger partial charge in [-0.3, -0.25) is 4.90 Å². The van der Waals surface area contributed by atoms with Gasteiger partial charge >= 0.3 is 0 Å². The van der Waals surface area contributed by atoms with Gasteiger partial charge in [0.05, 0.1) is 17.2 Å². The SMILES string of the molecule is CC1CN(Cc2ccc(Br)c(OCc3ccccc3)c2)CCO1. The van der Waals surface area contributed by atoms with Crippen molar-refractivity contribution in [1.29, 1.82) is 0 Å². The van der Waals surface area contributed by atoms with Crippen LogP contribution in [0.4, 0.5) is 0 Å². The lowest BCUT2D eigenvalue weighted by atomic mass is 10.2. The van der Waals surface area contributed by atoms with Crippen LogP contribution in [0, 0.1) is 0 Å². The summed E-state index contributed by atoms with van der Waals surface area (Å²) in [4.78, 5) is 2.43. The third-order valence-corrected chi connectivity index (χ3v) is 4.62. The summed E-state index contributed by atoms with van der Waals surface area (Å²) in [5.74, 6) is 0.896. The molecule has 0 aliphatic carbocycles. The highest BCUT2D eigenvalue weighted by molar-refractivity contribution is 9.10. The Morgan fingerprint density at radius 3 is 2.78 bits per heavy atom. The molecule has 0 saturated carbocycles. The summed E-state index contributed by atoms with van der Waals surface area (Å²) in [6.07, 6.45) is 0.313. The molecule has 2 aromatic carbocycles. The average Bonchev–Trinajstić information content (AvgIpc) is 2.56. The van der Waals surface area contributed by atoms with E-state index in [1.807, 2.05) is 18.2 Å². The van der Waals surface area contributed by atoms with Crippen molar-refractivity contribution in [2.24, 2.45) is 0 Å². The second kappa shape index (κ2) is 7.95. The van der Waals surface area contributed by atoms with Crippen LogP contribution >= 0.6 is 15.9 Å². The quantitative estimate of drug-likeness (QED) is 0.779. The molecular weight excluding hydrogens is 354 g/mol. The molecule has 1 unspecified atom stereocenters. The molecule has 1 aliphatic heterocycles. The van der Waals surface area contributed by atoms with Crippen LogP contribution in [0.1, 0.15) is 18.1 Å². The van der Waals surface area contributed by atoms with Gasteiger partial charge in [-0.25, -0.2) is 0 Å². The fraction of sp³-hybridized carbons (Fsp3) is 0.368. The minimum Gasteiger partial charge on any atom is -0.488 e. The standard InChI is InChI=1S/C19H22BrNO2/c1-15-12-21(9-10-22-15)13-17-7-8-18(20)19(11-17)23-14-16-5-3-2-4-6-16/h2-8,11,15H,9-10,12-14H2,1H3. The summed E-state index contributed by atoms with van der Waals surface area (Å²) < 4.78 is 12.6. The molecule has 0 bridgehead atoms. The highest BCUT2D eigenvalue weighted by Gasteiger charge is 2.17. The molecule has 23 heavy (non-hydrogen) atoms. The second-order valence-electron chi connectivity index (χ2n) is 5.96. The zero-order valence-corrected chi connectivity index (χ0v) is 15.0. The topological polar surface area (TPSA) is 21.7 Å². The summed E-state index contributed by atoms with van der Waals surface area (Å²) in [5.41, 5.74) is 2.44. The van der Waals surface area contributed by atoms with Gasteiger partial charge in [-0.2, -0.15) is 0 Å². The molecule has 0 radical (unpaired) electrons. The van der Waals surface area contributed by atoms with Crippen molar-refractivity contribution in [3.8, 4) is 5.75 Å². The predicted octanol–water partition coefficient (Wildman–Crippen LogP) is 4.25. The van der Waals surface area contributed by atoms with Crippen LogP contribution in [-0.2, 0) is 17.9 Å². The molecule has 1 fully saturated rings. The third kappa shape index (κ3) is 4.80. The van der Waals surface area contributed by atoms with Crippen LogP contribution in [0.25, 0.3) is 0 Å². The number of morpholine rings is 1. The first-order chi connectivity index (χ1) is 11.2. The van der Waals surface area contributed by atoms with E-state index in [2.05, 4.69) is 58.1 Å². The zero-order chi connectivity index (χ0) is 16.1. The van der Waals surface area contributed by atoms with Crippen LogP contribution in [0.3, 0.4) is 0 Å². The van der Waals surface area contributed by atoms with E-state index in [0.29, 0.717) is 12.7 Å². The molecule has 122 valence electrons. The van der Waals surface area contributed by atoms with Crippen LogP contribution in [-0.4, -0.2) is 30.7 Å². The highest BCUT2D eigenvalue weighted by Crippen LogP contribution is 2.27. The third-order valence-electron chi connectivity index (χ3n) is 3.96. The Bertz CT molecular complexity index is 633. The summed E-state index contributed by atoms with van der Waals surface area (Å²) >= 11 is 3.58. The highest BCUT2D eigenvalue weighted by atomic mass is 79.9. The number of hydrogen-bond acceptors (Lipinski definition) is 3. The van der Waals surface area contributed by atoms with Crippen molar-refractivity contribution in [2.75, 3.05) is 19.7 Å². The van der Waals surface area contributed by atoms with Crippen LogP contribution in [0.15, 0.2) is 53.0 Å². The van der Waals surface area contributed by atoms with Gasteiger partial charge in [0.15, 0.2) is 0 Å². The van der Waals surface area contributed by atoms with Gasteiger partial charge < -0.3 is 9.47 Å². The lowest BCUT2D eigenvalue weighted by molar-refractivity contribution is -0.0212. The molecular formula is C19H22BrNO2. The van der Waals surface area contributed by atoms with E-state index in [9.17, 15) is 0 Å². The van der Waals surface area contributed by atoms with E-state index in [-0.39, 0.29) is 0 Å². The number of hydrogen-bond donors (Lipinski definition) is 0. The van der Waals surface area contributed by atoms with Gasteiger partial charge in [0.25, 0.3) is 0 Å². The van der Waals surface area contributed by atoms with Gasteiger partial charge in [-0.1, -0.05) is 36.4 Å². The number of ether oxygens (including phenoxy) is 2. The Labute approximate surface area is 146 Å². The molecule has 3 nitrogen and oxygen atoms in total. The van der Waals surface area contributed by atoms with Gasteiger partial charge in [0.2, 0.25) is 0 Å². The first-order valence-corrected chi connectivity index (χ1v) is 8.79. The number of rotatable bonds is 5. The van der Waals surface area contributed by atoms with Crippen LogP contribution in [0.2, 0.25) is 0 Å². The minimum absolute atomic E-state index is 0.313. The lowest BCUT2D eigenvalue weighted by Crippen LogP contribution is -2.40. The molecule has 1 atom stereocenters. The van der Waals surface area contributed by atoms with E-state index >= 15 is 0 Å². The molecule has 2 aromatic rings. The summed E-state index contributed by atoms with van der Waals surface area (Å²) in [7, 11) is 0. The summed E-state index contributed by atoms with van der Waals surface area (Å²) in [6, 6.07) is 16.6. The van der Waals surface area contributed by atoms with Gasteiger partial charge in [0.1, 0.15) is 12.4 Å². The van der Waals surface area contributed by atoms with Crippen molar-refractivity contribution < 1.29 is 9.47 Å². The smallest absolute Gasteiger partial charge is 0.134 e. The molecule has 0 aromatic heterocycles. The minimum atomic E-state index is 0.313. The Balaban J connectivity index is 1.64. The molecule has 1 aliphatic rings. The average molecular weight is 376 g/mol. The Kier molecular flexibility index (Phi) is 5.70. The fourth-order valence-electron chi connectivity index (χ4n) is 2.78. The van der Waals surface area contributed by atoms with Gasteiger partial charge in [-0.05, 0) is 46.1 Å². The van der Waals surface area contributed by atoms with E-state index in [1.165, 1.54) is 11.1 Å². The maximum absolute atomic E-state index is 5.98. The molecule has 1 heterocycles. The lowest BCUT2D eigenvalue weighted by Gasteiger charge is -2.31. The molecule has 1 saturated heterocycles. The maximum atomic E-state index is 5.98. The molecule has 0 N–H and O–H groups in total. The fourth-order valence-corrected chi connectivity index (χ4v) is 3.15. The first kappa shape index (κ1) is 16.5. The largest absolute Gasteiger partial charge is 0.488 e. The van der Waals surface area contributed by atoms with Crippen LogP contribution < -0.4 is 4.74 Å². The predicted molar refractivity (Wildman–Crippen MR) is 95.6 cm³/mol. The number of nitrogens with zero attached hydrogens (tertiary/aromatic N) is 1. The van der Waals surface area contributed by atoms with Gasteiger partial charge in [0, 0.05) is 19.6 Å². The Hall–Kier alpha value is -1.36. The van der Waals surface area contributed by atoms with Gasteiger partial charge in [-0.15, -0.1) is 0 Å². The van der Waals surface area contributed by atoms with E-state index < -0.39 is 0 Å². The van der Waals surface area contributed by atoms with Crippen molar-refractivity contribution in [2.45, 2.75) is 26.2 Å². The van der Waals surface area contributed by atoms with Crippen molar-refractivity contribution in [3.05, 3.63) is 64.1 Å². The summed E-state index contributed by atoms with van der Waals surface area (Å²) in [6.45, 7) is 6.42. The van der Waals surface area contributed by atoms with E-state index in [0.717, 1.165) is 36.5 Å². The monoisotopic (exact) mass is 375 g/mol. The van der Waals surface area contributed by atoms with Crippen LogP contribution in [0.5, 0.6) is 5.75 Å². The number of halogens is 1. The van der Waals surface area contributed by atoms with Crippen molar-refractivity contribution >= 4 is 15.9 Å². The summed E-state index contributed by atoms with van der Waals surface area (Å²) in [5, 5.41) is 0. The van der Waals surface area contributed by atoms with Crippen molar-refractivity contribution in [1.82, 2.24) is 4.90 Å². The normalized spacial score (nSPS) is 18.8. The Morgan fingerprint density at radius 2 is 2.00 bits per heavy atom.